The Labute approximate surface area is 285 Å². The van der Waals surface area contributed by atoms with Crippen molar-refractivity contribution in [3.8, 4) is 11.1 Å². The number of nitrogens with zero attached hydrogens (tertiary/aromatic N) is 2. The third-order valence-electron chi connectivity index (χ3n) is 9.20. The summed E-state index contributed by atoms with van der Waals surface area (Å²) >= 11 is 0. The minimum absolute atomic E-state index is 0.828. The van der Waals surface area contributed by atoms with Crippen LogP contribution in [0.1, 0.15) is 0 Å². The van der Waals surface area contributed by atoms with E-state index in [1.165, 1.54) is 10.8 Å². The zero-order chi connectivity index (χ0) is 32.6. The molecule has 9 aromatic rings. The molecule has 0 aliphatic rings. The molecule has 1 aromatic heterocycles. The molecule has 9 rings (SSSR count). The Bertz CT molecular complexity index is 2500. The monoisotopic (exact) mass is 628 g/mol. The highest BCUT2D eigenvalue weighted by molar-refractivity contribution is 6.24. The van der Waals surface area contributed by atoms with Crippen LogP contribution in [0.2, 0.25) is 0 Å². The van der Waals surface area contributed by atoms with E-state index >= 15 is 0 Å². The van der Waals surface area contributed by atoms with Gasteiger partial charge in [-0.15, -0.1) is 0 Å². The van der Waals surface area contributed by atoms with E-state index in [9.17, 15) is 0 Å². The van der Waals surface area contributed by atoms with Crippen molar-refractivity contribution in [1.29, 1.82) is 0 Å². The Morgan fingerprint density at radius 1 is 0.347 bits per heavy atom. The molecule has 0 aliphatic carbocycles. The molecule has 1 heterocycles. The van der Waals surface area contributed by atoms with Crippen molar-refractivity contribution in [3.05, 3.63) is 194 Å². The first-order valence-corrected chi connectivity index (χ1v) is 16.6. The van der Waals surface area contributed by atoms with Crippen molar-refractivity contribution in [2.24, 2.45) is 0 Å². The molecule has 0 fully saturated rings. The van der Waals surface area contributed by atoms with E-state index in [2.05, 4.69) is 204 Å². The van der Waals surface area contributed by atoms with Gasteiger partial charge in [-0.05, 0) is 70.9 Å². The van der Waals surface area contributed by atoms with Crippen LogP contribution in [-0.4, -0.2) is 0 Å². The normalized spacial score (nSPS) is 11.3. The van der Waals surface area contributed by atoms with E-state index in [0.29, 0.717) is 0 Å². The molecule has 0 atom stereocenters. The van der Waals surface area contributed by atoms with Gasteiger partial charge >= 0.3 is 0 Å². The SMILES string of the molecule is c1ccc(-c2ccccc2N(c2ccccc2)c2cc(N(c3ccccc3)c3ccccc3)c3c(c2)oc2ccc4ccccc4c23)cc1. The van der Waals surface area contributed by atoms with Gasteiger partial charge in [0.15, 0.2) is 0 Å². The summed E-state index contributed by atoms with van der Waals surface area (Å²) in [4.78, 5) is 4.71. The van der Waals surface area contributed by atoms with Gasteiger partial charge in [-0.25, -0.2) is 0 Å². The fourth-order valence-electron chi connectivity index (χ4n) is 7.05. The highest BCUT2D eigenvalue weighted by Gasteiger charge is 2.25. The van der Waals surface area contributed by atoms with Crippen molar-refractivity contribution in [1.82, 2.24) is 0 Å². The second-order valence-electron chi connectivity index (χ2n) is 12.2. The van der Waals surface area contributed by atoms with Crippen molar-refractivity contribution in [2.45, 2.75) is 0 Å². The third kappa shape index (κ3) is 5.09. The number of hydrogen-bond donors (Lipinski definition) is 0. The van der Waals surface area contributed by atoms with E-state index in [1.54, 1.807) is 0 Å². The van der Waals surface area contributed by atoms with Crippen LogP contribution >= 0.6 is 0 Å². The summed E-state index contributed by atoms with van der Waals surface area (Å²) in [5, 5.41) is 4.54. The van der Waals surface area contributed by atoms with Crippen LogP contribution in [0.15, 0.2) is 199 Å². The fraction of sp³-hybridized carbons (Fsp3) is 0. The van der Waals surface area contributed by atoms with Gasteiger partial charge in [-0.3, -0.25) is 0 Å². The van der Waals surface area contributed by atoms with Crippen LogP contribution in [0.4, 0.5) is 34.1 Å². The van der Waals surface area contributed by atoms with Gasteiger partial charge < -0.3 is 14.2 Å². The van der Waals surface area contributed by atoms with E-state index in [1.807, 2.05) is 0 Å². The molecule has 232 valence electrons. The average Bonchev–Trinajstić information content (AvgIpc) is 3.56. The predicted molar refractivity (Wildman–Crippen MR) is 206 cm³/mol. The molecule has 49 heavy (non-hydrogen) atoms. The molecule has 0 saturated carbocycles. The first kappa shape index (κ1) is 28.6. The Morgan fingerprint density at radius 3 is 1.53 bits per heavy atom. The lowest BCUT2D eigenvalue weighted by atomic mass is 10.00. The summed E-state index contributed by atoms with van der Waals surface area (Å²) in [6, 6.07) is 68.4. The summed E-state index contributed by atoms with van der Waals surface area (Å²) in [6.07, 6.45) is 0. The quantitative estimate of drug-likeness (QED) is 0.175. The number of para-hydroxylation sites is 4. The summed E-state index contributed by atoms with van der Waals surface area (Å²) in [5.41, 5.74) is 10.3. The lowest BCUT2D eigenvalue weighted by Crippen LogP contribution is -2.14. The number of rotatable bonds is 7. The van der Waals surface area contributed by atoms with Crippen molar-refractivity contribution >= 4 is 66.8 Å². The Hall–Kier alpha value is -6.58. The highest BCUT2D eigenvalue weighted by atomic mass is 16.3. The van der Waals surface area contributed by atoms with Gasteiger partial charge in [-0.1, -0.05) is 133 Å². The summed E-state index contributed by atoms with van der Waals surface area (Å²) in [5.74, 6) is 0. The number of hydrogen-bond acceptors (Lipinski definition) is 3. The second kappa shape index (κ2) is 12.2. The minimum Gasteiger partial charge on any atom is -0.456 e. The summed E-state index contributed by atoms with van der Waals surface area (Å²) < 4.78 is 6.85. The molecular formula is C46H32N2O. The first-order valence-electron chi connectivity index (χ1n) is 16.6. The van der Waals surface area contributed by atoms with Crippen LogP contribution in [0, 0.1) is 0 Å². The van der Waals surface area contributed by atoms with E-state index in [4.69, 9.17) is 4.42 Å². The lowest BCUT2D eigenvalue weighted by Gasteiger charge is -2.31. The van der Waals surface area contributed by atoms with Crippen molar-refractivity contribution < 1.29 is 4.42 Å². The second-order valence-corrected chi connectivity index (χ2v) is 12.2. The molecule has 0 spiro atoms. The molecule has 0 amide bonds. The highest BCUT2D eigenvalue weighted by Crippen LogP contribution is 2.49. The number of benzene rings is 8. The van der Waals surface area contributed by atoms with Gasteiger partial charge in [0.2, 0.25) is 0 Å². The van der Waals surface area contributed by atoms with Gasteiger partial charge in [0.25, 0.3) is 0 Å². The maximum atomic E-state index is 6.85. The van der Waals surface area contributed by atoms with Gasteiger partial charge in [-0.2, -0.15) is 0 Å². The third-order valence-corrected chi connectivity index (χ3v) is 9.20. The van der Waals surface area contributed by atoms with Crippen LogP contribution in [0.25, 0.3) is 43.8 Å². The predicted octanol–water partition coefficient (Wildman–Crippen LogP) is 13.3. The number of anilines is 6. The molecule has 0 unspecified atom stereocenters. The average molecular weight is 629 g/mol. The standard InChI is InChI=1S/C46H32N2O/c1-5-17-33(18-6-1)39-26-15-16-28-41(39)48(37-24-11-4-12-25-37)38-31-42(47(35-20-7-2-8-21-35)36-22-9-3-10-23-36)46-44(32-38)49-43-30-29-34-19-13-14-27-40(34)45(43)46/h1-32H. The maximum absolute atomic E-state index is 6.85. The van der Waals surface area contributed by atoms with Gasteiger partial charge in [0.1, 0.15) is 11.2 Å². The Kier molecular flexibility index (Phi) is 7.14. The van der Waals surface area contributed by atoms with E-state index in [-0.39, 0.29) is 0 Å². The molecule has 3 heteroatoms. The number of fused-ring (bicyclic) bond motifs is 5. The molecule has 0 N–H and O–H groups in total. The molecule has 0 aliphatic heterocycles. The molecule has 0 radical (unpaired) electrons. The van der Waals surface area contributed by atoms with Crippen molar-refractivity contribution in [3.63, 3.8) is 0 Å². The zero-order valence-corrected chi connectivity index (χ0v) is 26.8. The molecule has 0 bridgehead atoms. The van der Waals surface area contributed by atoms with Crippen LogP contribution < -0.4 is 9.80 Å². The van der Waals surface area contributed by atoms with Crippen LogP contribution in [0.3, 0.4) is 0 Å². The smallest absolute Gasteiger partial charge is 0.139 e. The molecule has 8 aromatic carbocycles. The number of furan rings is 1. The topological polar surface area (TPSA) is 19.6 Å². The van der Waals surface area contributed by atoms with E-state index in [0.717, 1.165) is 67.2 Å². The van der Waals surface area contributed by atoms with Crippen LogP contribution in [0.5, 0.6) is 0 Å². The molecular weight excluding hydrogens is 597 g/mol. The summed E-state index contributed by atoms with van der Waals surface area (Å²) in [7, 11) is 0. The zero-order valence-electron chi connectivity index (χ0n) is 26.8. The fourth-order valence-corrected chi connectivity index (χ4v) is 7.05. The minimum atomic E-state index is 0.828. The Morgan fingerprint density at radius 2 is 0.878 bits per heavy atom. The molecule has 0 saturated heterocycles. The maximum Gasteiger partial charge on any atom is 0.139 e. The Balaban J connectivity index is 1.41. The van der Waals surface area contributed by atoms with Gasteiger partial charge in [0, 0.05) is 34.1 Å². The lowest BCUT2D eigenvalue weighted by molar-refractivity contribution is 0.669. The van der Waals surface area contributed by atoms with Crippen molar-refractivity contribution in [2.75, 3.05) is 9.80 Å². The molecule has 3 nitrogen and oxygen atoms in total. The first-order chi connectivity index (χ1) is 24.3. The van der Waals surface area contributed by atoms with Gasteiger partial charge in [0.05, 0.1) is 22.4 Å². The van der Waals surface area contributed by atoms with Crippen LogP contribution in [-0.2, 0) is 0 Å². The summed E-state index contributed by atoms with van der Waals surface area (Å²) in [6.45, 7) is 0. The van der Waals surface area contributed by atoms with E-state index < -0.39 is 0 Å². The largest absolute Gasteiger partial charge is 0.456 e.